The summed E-state index contributed by atoms with van der Waals surface area (Å²) in [5.74, 6) is 0.449. The average Bonchev–Trinajstić information content (AvgIpc) is 2.20. The van der Waals surface area contributed by atoms with Crippen LogP contribution in [0, 0.1) is 0 Å². The summed E-state index contributed by atoms with van der Waals surface area (Å²) in [6.07, 6.45) is 3.24. The van der Waals surface area contributed by atoms with Crippen LogP contribution in [0.2, 0.25) is 0 Å². The van der Waals surface area contributed by atoms with Crippen molar-refractivity contribution in [2.75, 3.05) is 0 Å². The van der Waals surface area contributed by atoms with Gasteiger partial charge in [-0.25, -0.2) is 0 Å². The van der Waals surface area contributed by atoms with E-state index in [2.05, 4.69) is 25.8 Å². The molecule has 1 unspecified atom stereocenters. The van der Waals surface area contributed by atoms with E-state index in [-0.39, 0.29) is 5.56 Å². The van der Waals surface area contributed by atoms with Gasteiger partial charge in [-0.1, -0.05) is 33.3 Å². The third kappa shape index (κ3) is 2.47. The molecule has 14 heavy (non-hydrogen) atoms. The predicted octanol–water partition coefficient (Wildman–Crippen LogP) is 2.84. The third-order valence-electron chi connectivity index (χ3n) is 2.66. The Hall–Kier alpha value is -1.05. The maximum atomic E-state index is 11.2. The summed E-state index contributed by atoms with van der Waals surface area (Å²) in [6.45, 7) is 6.46. The number of hydrogen-bond donors (Lipinski definition) is 1. The Morgan fingerprint density at radius 3 is 2.64 bits per heavy atom. The minimum absolute atomic E-state index is 0.0140. The molecule has 0 bridgehead atoms. The van der Waals surface area contributed by atoms with Gasteiger partial charge in [0.15, 0.2) is 0 Å². The number of aryl methyl sites for hydroxylation is 1. The van der Waals surface area contributed by atoms with Crippen LogP contribution in [-0.2, 0) is 6.42 Å². The van der Waals surface area contributed by atoms with Crippen molar-refractivity contribution in [2.45, 2.75) is 46.0 Å². The molecule has 1 aromatic heterocycles. The Balaban J connectivity index is 3.08. The van der Waals surface area contributed by atoms with E-state index in [1.165, 1.54) is 5.56 Å². The van der Waals surface area contributed by atoms with Crippen molar-refractivity contribution >= 4 is 0 Å². The largest absolute Gasteiger partial charge is 0.326 e. The van der Waals surface area contributed by atoms with E-state index in [1.54, 1.807) is 6.07 Å². The van der Waals surface area contributed by atoms with Gasteiger partial charge in [-0.05, 0) is 24.3 Å². The molecule has 1 rings (SSSR count). The highest BCUT2D eigenvalue weighted by Gasteiger charge is 2.08. The van der Waals surface area contributed by atoms with E-state index < -0.39 is 0 Å². The Morgan fingerprint density at radius 1 is 1.36 bits per heavy atom. The molecule has 1 N–H and O–H groups in total. The van der Waals surface area contributed by atoms with Crippen molar-refractivity contribution in [3.63, 3.8) is 0 Å². The van der Waals surface area contributed by atoms with Crippen molar-refractivity contribution in [3.05, 3.63) is 33.7 Å². The van der Waals surface area contributed by atoms with Crippen molar-refractivity contribution in [1.82, 2.24) is 4.98 Å². The van der Waals surface area contributed by atoms with E-state index in [0.717, 1.165) is 25.0 Å². The Kier molecular flexibility index (Phi) is 3.93. The number of H-pyrrole nitrogens is 1. The van der Waals surface area contributed by atoms with Crippen molar-refractivity contribution in [3.8, 4) is 0 Å². The Labute approximate surface area is 85.4 Å². The van der Waals surface area contributed by atoms with Crippen LogP contribution in [0.25, 0.3) is 0 Å². The van der Waals surface area contributed by atoms with E-state index in [4.69, 9.17) is 0 Å². The summed E-state index contributed by atoms with van der Waals surface area (Å²) in [7, 11) is 0. The van der Waals surface area contributed by atoms with Crippen LogP contribution in [0.1, 0.15) is 50.8 Å². The molecule has 0 saturated carbocycles. The van der Waals surface area contributed by atoms with Gasteiger partial charge in [0.25, 0.3) is 0 Å². The molecule has 0 aliphatic heterocycles. The second-order valence-electron chi connectivity index (χ2n) is 3.82. The lowest BCUT2D eigenvalue weighted by atomic mass is 9.97. The van der Waals surface area contributed by atoms with Gasteiger partial charge < -0.3 is 4.98 Å². The lowest BCUT2D eigenvalue weighted by Gasteiger charge is -2.13. The first kappa shape index (κ1) is 11.0. The van der Waals surface area contributed by atoms with Gasteiger partial charge in [0.2, 0.25) is 5.56 Å². The third-order valence-corrected chi connectivity index (χ3v) is 2.66. The normalized spacial score (nSPS) is 12.8. The highest BCUT2D eigenvalue weighted by molar-refractivity contribution is 5.22. The second kappa shape index (κ2) is 4.99. The molecule has 0 spiro atoms. The molecule has 0 fully saturated rings. The van der Waals surface area contributed by atoms with Crippen molar-refractivity contribution in [2.24, 2.45) is 0 Å². The molecule has 0 aromatic carbocycles. The number of rotatable bonds is 4. The standard InChI is InChI=1S/C12H19NO/c1-4-6-10-7-8-11(14)13-12(10)9(3)5-2/h7-9H,4-6H2,1-3H3,(H,13,14). The van der Waals surface area contributed by atoms with Crippen molar-refractivity contribution in [1.29, 1.82) is 0 Å². The van der Waals surface area contributed by atoms with Crippen LogP contribution in [0.4, 0.5) is 0 Å². The monoisotopic (exact) mass is 193 g/mol. The molecule has 1 heterocycles. The molecule has 0 aliphatic carbocycles. The van der Waals surface area contributed by atoms with Crippen LogP contribution in [0.3, 0.4) is 0 Å². The summed E-state index contributed by atoms with van der Waals surface area (Å²) < 4.78 is 0. The highest BCUT2D eigenvalue weighted by Crippen LogP contribution is 2.19. The van der Waals surface area contributed by atoms with Crippen molar-refractivity contribution < 1.29 is 0 Å². The molecule has 2 nitrogen and oxygen atoms in total. The zero-order valence-corrected chi connectivity index (χ0v) is 9.26. The predicted molar refractivity (Wildman–Crippen MR) is 59.8 cm³/mol. The number of aromatic nitrogens is 1. The summed E-state index contributed by atoms with van der Waals surface area (Å²) in [5, 5.41) is 0. The zero-order valence-electron chi connectivity index (χ0n) is 9.26. The topological polar surface area (TPSA) is 32.9 Å². The molecule has 0 aliphatic rings. The van der Waals surface area contributed by atoms with E-state index in [9.17, 15) is 4.79 Å². The minimum atomic E-state index is 0.0140. The molecule has 1 aromatic rings. The Bertz CT molecular complexity index is 340. The minimum Gasteiger partial charge on any atom is -0.326 e. The van der Waals surface area contributed by atoms with Gasteiger partial charge in [0, 0.05) is 11.8 Å². The second-order valence-corrected chi connectivity index (χ2v) is 3.82. The van der Waals surface area contributed by atoms with E-state index in [0.29, 0.717) is 5.92 Å². The molecule has 2 heteroatoms. The Morgan fingerprint density at radius 2 is 2.07 bits per heavy atom. The molecular formula is C12H19NO. The first-order valence-electron chi connectivity index (χ1n) is 5.41. The fraction of sp³-hybridized carbons (Fsp3) is 0.583. The number of nitrogens with one attached hydrogen (secondary N) is 1. The van der Waals surface area contributed by atoms with E-state index >= 15 is 0 Å². The van der Waals surface area contributed by atoms with Crippen LogP contribution in [0.5, 0.6) is 0 Å². The SMILES string of the molecule is CCCc1ccc(=O)[nH]c1C(C)CC. The molecule has 78 valence electrons. The fourth-order valence-electron chi connectivity index (χ4n) is 1.65. The van der Waals surface area contributed by atoms with Gasteiger partial charge in [-0.3, -0.25) is 4.79 Å². The first-order valence-corrected chi connectivity index (χ1v) is 5.41. The average molecular weight is 193 g/mol. The zero-order chi connectivity index (χ0) is 10.6. The van der Waals surface area contributed by atoms with Gasteiger partial charge in [-0.15, -0.1) is 0 Å². The van der Waals surface area contributed by atoms with Gasteiger partial charge in [0.05, 0.1) is 0 Å². The maximum absolute atomic E-state index is 11.2. The number of hydrogen-bond acceptors (Lipinski definition) is 1. The number of aromatic amines is 1. The van der Waals surface area contributed by atoms with Crippen LogP contribution >= 0.6 is 0 Å². The molecule has 1 atom stereocenters. The lowest BCUT2D eigenvalue weighted by molar-refractivity contribution is 0.687. The summed E-state index contributed by atoms with van der Waals surface area (Å²) in [4.78, 5) is 14.2. The fourth-order valence-corrected chi connectivity index (χ4v) is 1.65. The summed E-state index contributed by atoms with van der Waals surface area (Å²) in [6, 6.07) is 3.58. The summed E-state index contributed by atoms with van der Waals surface area (Å²) in [5.41, 5.74) is 2.43. The van der Waals surface area contributed by atoms with Gasteiger partial charge >= 0.3 is 0 Å². The molecule has 0 radical (unpaired) electrons. The number of pyridine rings is 1. The van der Waals surface area contributed by atoms with E-state index in [1.807, 2.05) is 6.07 Å². The molecular weight excluding hydrogens is 174 g/mol. The first-order chi connectivity index (χ1) is 6.69. The smallest absolute Gasteiger partial charge is 0.248 e. The highest BCUT2D eigenvalue weighted by atomic mass is 16.1. The van der Waals surface area contributed by atoms with Gasteiger partial charge in [0.1, 0.15) is 0 Å². The molecule has 0 amide bonds. The molecule has 0 saturated heterocycles. The maximum Gasteiger partial charge on any atom is 0.248 e. The lowest BCUT2D eigenvalue weighted by Crippen LogP contribution is -2.12. The summed E-state index contributed by atoms with van der Waals surface area (Å²) >= 11 is 0. The van der Waals surface area contributed by atoms with Crippen LogP contribution in [-0.4, -0.2) is 4.98 Å². The quantitative estimate of drug-likeness (QED) is 0.783. The van der Waals surface area contributed by atoms with Crippen LogP contribution in [0.15, 0.2) is 16.9 Å². The van der Waals surface area contributed by atoms with Crippen LogP contribution < -0.4 is 5.56 Å². The van der Waals surface area contributed by atoms with Gasteiger partial charge in [-0.2, -0.15) is 0 Å².